The molecule has 0 radical (unpaired) electrons. The third-order valence-corrected chi connectivity index (χ3v) is 4.39. The van der Waals surface area contributed by atoms with Crippen LogP contribution in [0, 0.1) is 6.92 Å². The normalized spacial score (nSPS) is 17.2. The lowest BCUT2D eigenvalue weighted by Crippen LogP contribution is -2.47. The summed E-state index contributed by atoms with van der Waals surface area (Å²) >= 11 is 0. The number of carbonyl (C=O) groups excluding carboxylic acids is 1. The average molecular weight is 341 g/mol. The summed E-state index contributed by atoms with van der Waals surface area (Å²) in [6.07, 6.45) is 3.40. The number of ether oxygens (including phenoxy) is 2. The minimum atomic E-state index is -0.141. The van der Waals surface area contributed by atoms with Crippen LogP contribution in [0.25, 0.3) is 0 Å². The number of carbonyl (C=O) groups is 1. The predicted octanol–water partition coefficient (Wildman–Crippen LogP) is 2.68. The van der Waals surface area contributed by atoms with E-state index >= 15 is 0 Å². The molecule has 1 fully saturated rings. The summed E-state index contributed by atoms with van der Waals surface area (Å²) in [6.45, 7) is 4.11. The quantitative estimate of drug-likeness (QED) is 0.929. The Morgan fingerprint density at radius 2 is 2.32 bits per heavy atom. The first kappa shape index (κ1) is 17.2. The summed E-state index contributed by atoms with van der Waals surface area (Å²) in [7, 11) is 1.64. The molecule has 6 heteroatoms. The van der Waals surface area contributed by atoms with Crippen LogP contribution in [-0.4, -0.2) is 42.7 Å². The van der Waals surface area contributed by atoms with Crippen molar-refractivity contribution in [3.8, 4) is 5.75 Å². The standard InChI is InChI=1S/C19H23N3O3/c1-14-11-20-7-6-16(14)12-21-19(23)22-8-9-25-18(13-22)15-4-3-5-17(10-15)24-2/h3-7,10-11,18H,8-9,12-13H2,1-2H3,(H,21,23). The molecule has 1 aromatic heterocycles. The zero-order valence-corrected chi connectivity index (χ0v) is 14.6. The summed E-state index contributed by atoms with van der Waals surface area (Å²) in [4.78, 5) is 18.4. The van der Waals surface area contributed by atoms with Crippen LogP contribution in [0.1, 0.15) is 22.8 Å². The number of rotatable bonds is 4. The number of methoxy groups -OCH3 is 1. The third kappa shape index (κ3) is 4.28. The topological polar surface area (TPSA) is 63.7 Å². The molecule has 1 unspecified atom stereocenters. The first-order valence-electron chi connectivity index (χ1n) is 8.35. The minimum Gasteiger partial charge on any atom is -0.497 e. The van der Waals surface area contributed by atoms with Crippen molar-refractivity contribution < 1.29 is 14.3 Å². The van der Waals surface area contributed by atoms with Gasteiger partial charge in [-0.25, -0.2) is 4.79 Å². The molecule has 0 spiro atoms. The minimum absolute atomic E-state index is 0.0765. The lowest BCUT2D eigenvalue weighted by Gasteiger charge is -2.33. The average Bonchev–Trinajstić information content (AvgIpc) is 2.67. The van der Waals surface area contributed by atoms with Gasteiger partial charge in [-0.2, -0.15) is 0 Å². The molecule has 2 amide bonds. The number of amides is 2. The lowest BCUT2D eigenvalue weighted by molar-refractivity contribution is -0.0155. The summed E-state index contributed by atoms with van der Waals surface area (Å²) in [6, 6.07) is 9.62. The zero-order chi connectivity index (χ0) is 17.6. The van der Waals surface area contributed by atoms with Crippen molar-refractivity contribution in [3.05, 3.63) is 59.4 Å². The highest BCUT2D eigenvalue weighted by molar-refractivity contribution is 5.74. The first-order chi connectivity index (χ1) is 12.2. The van der Waals surface area contributed by atoms with Crippen molar-refractivity contribution in [2.75, 3.05) is 26.8 Å². The van der Waals surface area contributed by atoms with Gasteiger partial charge in [-0.15, -0.1) is 0 Å². The molecule has 132 valence electrons. The van der Waals surface area contributed by atoms with E-state index < -0.39 is 0 Å². The highest BCUT2D eigenvalue weighted by Gasteiger charge is 2.25. The molecule has 1 aliphatic rings. The Morgan fingerprint density at radius 3 is 3.12 bits per heavy atom. The van der Waals surface area contributed by atoms with Crippen LogP contribution in [0.4, 0.5) is 4.79 Å². The molecule has 0 aliphatic carbocycles. The van der Waals surface area contributed by atoms with Crippen LogP contribution >= 0.6 is 0 Å². The van der Waals surface area contributed by atoms with Crippen LogP contribution in [0.5, 0.6) is 5.75 Å². The fourth-order valence-corrected chi connectivity index (χ4v) is 2.86. The fourth-order valence-electron chi connectivity index (χ4n) is 2.86. The molecule has 6 nitrogen and oxygen atoms in total. The SMILES string of the molecule is COc1cccc(C2CN(C(=O)NCc3ccncc3C)CCO2)c1. The van der Waals surface area contributed by atoms with Gasteiger partial charge in [-0.1, -0.05) is 12.1 Å². The Bertz CT molecular complexity index is 735. The number of aryl methyl sites for hydroxylation is 1. The lowest BCUT2D eigenvalue weighted by atomic mass is 10.1. The molecule has 0 saturated carbocycles. The van der Waals surface area contributed by atoms with Crippen LogP contribution in [-0.2, 0) is 11.3 Å². The van der Waals surface area contributed by atoms with Gasteiger partial charge in [0, 0.05) is 25.5 Å². The van der Waals surface area contributed by atoms with E-state index in [2.05, 4.69) is 10.3 Å². The summed E-state index contributed by atoms with van der Waals surface area (Å²) in [5, 5.41) is 2.98. The molecular weight excluding hydrogens is 318 g/mol. The largest absolute Gasteiger partial charge is 0.497 e. The van der Waals surface area contributed by atoms with E-state index in [0.29, 0.717) is 26.2 Å². The van der Waals surface area contributed by atoms with Crippen molar-refractivity contribution >= 4 is 6.03 Å². The van der Waals surface area contributed by atoms with Crippen molar-refractivity contribution in [1.29, 1.82) is 0 Å². The molecule has 1 N–H and O–H groups in total. The summed E-state index contributed by atoms with van der Waals surface area (Å²) in [5.74, 6) is 0.788. The molecule has 0 bridgehead atoms. The molecule has 25 heavy (non-hydrogen) atoms. The number of morpholine rings is 1. The second kappa shape index (κ2) is 7.98. The predicted molar refractivity (Wildman–Crippen MR) is 94.5 cm³/mol. The number of urea groups is 1. The molecule has 1 aromatic carbocycles. The summed E-state index contributed by atoms with van der Waals surface area (Å²) < 4.78 is 11.1. The van der Waals surface area contributed by atoms with Gasteiger partial charge in [0.2, 0.25) is 0 Å². The van der Waals surface area contributed by atoms with Crippen molar-refractivity contribution in [2.24, 2.45) is 0 Å². The van der Waals surface area contributed by atoms with E-state index in [4.69, 9.17) is 9.47 Å². The Morgan fingerprint density at radius 1 is 1.44 bits per heavy atom. The molecule has 2 heterocycles. The number of hydrogen-bond donors (Lipinski definition) is 1. The van der Waals surface area contributed by atoms with Crippen LogP contribution < -0.4 is 10.1 Å². The number of nitrogens with one attached hydrogen (secondary N) is 1. The Kier molecular flexibility index (Phi) is 5.50. The van der Waals surface area contributed by atoms with E-state index in [1.54, 1.807) is 24.4 Å². The molecule has 1 saturated heterocycles. The summed E-state index contributed by atoms with van der Waals surface area (Å²) in [5.41, 5.74) is 3.15. The number of aromatic nitrogens is 1. The number of pyridine rings is 1. The highest BCUT2D eigenvalue weighted by Crippen LogP contribution is 2.25. The van der Waals surface area contributed by atoms with Gasteiger partial charge in [0.15, 0.2) is 0 Å². The van der Waals surface area contributed by atoms with Gasteiger partial charge in [-0.05, 0) is 41.8 Å². The van der Waals surface area contributed by atoms with Gasteiger partial charge >= 0.3 is 6.03 Å². The van der Waals surface area contributed by atoms with E-state index in [1.807, 2.05) is 37.3 Å². The first-order valence-corrected chi connectivity index (χ1v) is 8.35. The Labute approximate surface area is 147 Å². The molecular formula is C19H23N3O3. The zero-order valence-electron chi connectivity index (χ0n) is 14.6. The molecule has 2 aromatic rings. The molecule has 3 rings (SSSR count). The smallest absolute Gasteiger partial charge is 0.317 e. The van der Waals surface area contributed by atoms with Gasteiger partial charge in [0.1, 0.15) is 11.9 Å². The van der Waals surface area contributed by atoms with Gasteiger partial charge < -0.3 is 19.7 Å². The third-order valence-electron chi connectivity index (χ3n) is 4.39. The van der Waals surface area contributed by atoms with Crippen molar-refractivity contribution in [3.63, 3.8) is 0 Å². The second-order valence-electron chi connectivity index (χ2n) is 6.04. The Balaban J connectivity index is 1.60. The fraction of sp³-hybridized carbons (Fsp3) is 0.368. The van der Waals surface area contributed by atoms with E-state index in [-0.39, 0.29) is 12.1 Å². The highest BCUT2D eigenvalue weighted by atomic mass is 16.5. The van der Waals surface area contributed by atoms with Crippen LogP contribution in [0.3, 0.4) is 0 Å². The van der Waals surface area contributed by atoms with Crippen molar-refractivity contribution in [2.45, 2.75) is 19.6 Å². The van der Waals surface area contributed by atoms with Gasteiger partial charge in [0.05, 0.1) is 20.3 Å². The number of benzene rings is 1. The monoisotopic (exact) mass is 341 g/mol. The maximum atomic E-state index is 12.5. The molecule has 1 aliphatic heterocycles. The molecule has 1 atom stereocenters. The van der Waals surface area contributed by atoms with Gasteiger partial charge in [-0.3, -0.25) is 4.98 Å². The van der Waals surface area contributed by atoms with Crippen LogP contribution in [0.2, 0.25) is 0 Å². The van der Waals surface area contributed by atoms with Crippen molar-refractivity contribution in [1.82, 2.24) is 15.2 Å². The number of nitrogens with zero attached hydrogens (tertiary/aromatic N) is 2. The maximum Gasteiger partial charge on any atom is 0.317 e. The van der Waals surface area contributed by atoms with Gasteiger partial charge in [0.25, 0.3) is 0 Å². The second-order valence-corrected chi connectivity index (χ2v) is 6.04. The number of hydrogen-bond acceptors (Lipinski definition) is 4. The maximum absolute atomic E-state index is 12.5. The van der Waals surface area contributed by atoms with E-state index in [0.717, 1.165) is 22.4 Å². The van der Waals surface area contributed by atoms with E-state index in [1.165, 1.54) is 0 Å². The van der Waals surface area contributed by atoms with E-state index in [9.17, 15) is 4.79 Å². The Hall–Kier alpha value is -2.60. The van der Waals surface area contributed by atoms with Crippen LogP contribution in [0.15, 0.2) is 42.7 Å².